The zero-order chi connectivity index (χ0) is 50.4. The highest BCUT2D eigenvalue weighted by molar-refractivity contribution is 6.34. The van der Waals surface area contributed by atoms with Gasteiger partial charge in [0, 0.05) is 74.6 Å². The molecule has 2 amide bonds. The number of aliphatic imine (C=N–C) groups is 1. The number of ketones is 2. The number of Topliss-reactive ketones (excluding diaryl/α,β-unsaturated/α-hetero) is 2. The Kier molecular flexibility index (Phi) is 14.2. The zero-order valence-corrected chi connectivity index (χ0v) is 41.9. The number of hydrogen-bond acceptors (Lipinski definition) is 13. The van der Waals surface area contributed by atoms with Gasteiger partial charge in [-0.15, -0.1) is 0 Å². The number of aliphatic hydroxyl groups is 1. The van der Waals surface area contributed by atoms with Gasteiger partial charge in [-0.05, 0) is 94.6 Å². The number of amides is 2. The minimum atomic E-state index is -1.91. The second-order valence-electron chi connectivity index (χ2n) is 21.4. The Balaban J connectivity index is 0.967. The molecule has 1 aliphatic carbocycles. The van der Waals surface area contributed by atoms with Crippen molar-refractivity contribution in [3.63, 3.8) is 0 Å². The molecule has 0 radical (unpaired) electrons. The number of phenolic OH excluding ortho intramolecular Hbond substituents is 1. The van der Waals surface area contributed by atoms with Crippen LogP contribution in [0.2, 0.25) is 0 Å². The quantitative estimate of drug-likeness (QED) is 0.164. The van der Waals surface area contributed by atoms with Crippen molar-refractivity contribution in [2.24, 2.45) is 16.8 Å². The summed E-state index contributed by atoms with van der Waals surface area (Å²) in [5.74, 6) is -4.05. The molecule has 8 aliphatic rings. The van der Waals surface area contributed by atoms with Gasteiger partial charge in [-0.2, -0.15) is 0 Å². The maximum atomic E-state index is 14.8. The van der Waals surface area contributed by atoms with E-state index >= 15 is 0 Å². The number of nitrogens with zero attached hydrogens (tertiary/aromatic N) is 3. The number of nitrogens with one attached hydrogen (secondary N) is 2. The number of aliphatic hydroxyl groups excluding tert-OH is 1. The molecule has 1 spiro atoms. The number of ether oxygens (including phenoxy) is 3. The van der Waals surface area contributed by atoms with Crippen LogP contribution in [0, 0.1) is 18.8 Å². The minimum Gasteiger partial charge on any atom is -0.507 e. The number of likely N-dealkylation sites (tertiary alicyclic amines) is 1. The van der Waals surface area contributed by atoms with Gasteiger partial charge in [-0.25, -0.2) is 0 Å². The summed E-state index contributed by atoms with van der Waals surface area (Å²) < 4.78 is 18.4. The van der Waals surface area contributed by atoms with E-state index in [0.29, 0.717) is 55.9 Å². The van der Waals surface area contributed by atoms with Gasteiger partial charge in [-0.3, -0.25) is 29.0 Å². The van der Waals surface area contributed by atoms with E-state index in [9.17, 15) is 34.2 Å². The van der Waals surface area contributed by atoms with E-state index in [1.807, 2.05) is 36.1 Å². The number of aromatic hydroxyl groups is 1. The van der Waals surface area contributed by atoms with Crippen LogP contribution in [0.5, 0.6) is 11.5 Å². The lowest BCUT2D eigenvalue weighted by Gasteiger charge is -2.39. The number of phenols is 1. The monoisotopic (exact) mass is 972 g/mol. The molecule has 10 rings (SSSR count). The van der Waals surface area contributed by atoms with Crippen LogP contribution in [-0.4, -0.2) is 110 Å². The third kappa shape index (κ3) is 10.1. The van der Waals surface area contributed by atoms with Gasteiger partial charge in [0.25, 0.3) is 11.7 Å². The number of carbonyl (C=O) groups is 5. The molecule has 7 bridgehead atoms. The van der Waals surface area contributed by atoms with Crippen molar-refractivity contribution in [1.29, 1.82) is 0 Å². The lowest BCUT2D eigenvalue weighted by Crippen LogP contribution is -2.50. The van der Waals surface area contributed by atoms with Crippen LogP contribution < -0.4 is 15.4 Å². The highest BCUT2D eigenvalue weighted by Crippen LogP contribution is 2.50. The molecule has 71 heavy (non-hydrogen) atoms. The van der Waals surface area contributed by atoms with Gasteiger partial charge < -0.3 is 44.9 Å². The first-order chi connectivity index (χ1) is 33.9. The summed E-state index contributed by atoms with van der Waals surface area (Å²) in [6, 6.07) is 10.5. The highest BCUT2D eigenvalue weighted by atomic mass is 16.7. The molecule has 4 N–H and O–H groups in total. The van der Waals surface area contributed by atoms with E-state index in [1.54, 1.807) is 32.1 Å². The molecule has 2 aromatic rings. The lowest BCUT2D eigenvalue weighted by atomic mass is 9.82. The van der Waals surface area contributed by atoms with E-state index < -0.39 is 52.9 Å². The van der Waals surface area contributed by atoms with Crippen LogP contribution in [-0.2, 0) is 23.9 Å². The molecule has 378 valence electrons. The van der Waals surface area contributed by atoms with Gasteiger partial charge in [0.2, 0.25) is 11.7 Å². The molecular formula is C56H69N5O10. The van der Waals surface area contributed by atoms with Gasteiger partial charge in [-0.1, -0.05) is 69.3 Å². The SMILES string of the molecule is C/C1=C/C=C/C(C)CCC(O)C[C@H](OC(=O)CC(=O)N2C3CCC2CC(c2ccccc2)C3)CC/C=C/OC2(C)Oc3c(C)c(O)c4c(c3C2=O)C2=NC3(CCN(CC(C)C)CC3)NC2=C(NC1=O)C4=O. The molecular weight excluding hydrogens is 903 g/mol. The van der Waals surface area contributed by atoms with E-state index in [4.69, 9.17) is 19.2 Å². The van der Waals surface area contributed by atoms with Crippen molar-refractivity contribution in [1.82, 2.24) is 20.4 Å². The van der Waals surface area contributed by atoms with Crippen molar-refractivity contribution in [2.75, 3.05) is 19.6 Å². The van der Waals surface area contributed by atoms with Crippen molar-refractivity contribution < 1.29 is 48.4 Å². The Hall–Kier alpha value is -6.06. The first kappa shape index (κ1) is 49.9. The van der Waals surface area contributed by atoms with Crippen LogP contribution in [0.1, 0.15) is 155 Å². The number of fused-ring (bicyclic) bond motifs is 15. The Morgan fingerprint density at radius 1 is 0.944 bits per heavy atom. The predicted molar refractivity (Wildman–Crippen MR) is 267 cm³/mol. The molecule has 7 heterocycles. The summed E-state index contributed by atoms with van der Waals surface area (Å²) in [5, 5.41) is 29.5. The molecule has 15 heteroatoms. The van der Waals surface area contributed by atoms with E-state index in [0.717, 1.165) is 45.3 Å². The van der Waals surface area contributed by atoms with E-state index in [2.05, 4.69) is 41.5 Å². The molecule has 7 aliphatic heterocycles. The largest absolute Gasteiger partial charge is 0.507 e. The zero-order valence-electron chi connectivity index (χ0n) is 41.9. The molecule has 3 fully saturated rings. The maximum Gasteiger partial charge on any atom is 0.315 e. The molecule has 0 saturated carbocycles. The number of carbonyl (C=O) groups excluding carboxylic acids is 5. The number of esters is 1. The fourth-order valence-electron chi connectivity index (χ4n) is 11.8. The molecule has 2 aromatic carbocycles. The van der Waals surface area contributed by atoms with Gasteiger partial charge >= 0.3 is 11.8 Å². The number of benzene rings is 2. The third-order valence-electron chi connectivity index (χ3n) is 15.6. The second-order valence-corrected chi connectivity index (χ2v) is 21.4. The van der Waals surface area contributed by atoms with Crippen LogP contribution in [0.4, 0.5) is 0 Å². The van der Waals surface area contributed by atoms with Gasteiger partial charge in [0.15, 0.2) is 0 Å². The number of hydrogen-bond donors (Lipinski definition) is 4. The topological polar surface area (TPSA) is 196 Å². The molecule has 3 saturated heterocycles. The fraction of sp³-hybridized carbons (Fsp3) is 0.536. The first-order valence-corrected chi connectivity index (χ1v) is 25.7. The van der Waals surface area contributed by atoms with Crippen LogP contribution in [0.15, 0.2) is 82.9 Å². The standard InChI is InChI=1S/C56H69N5O10/c1-32(2)31-60-24-22-56(23-25-60)58-47-44-45-50(65)35(5)52-46(44)53(67)55(6,71-52)69-26-11-10-17-41(29-40(62)21-18-33(3)13-12-14-34(4)54(68)57-49(51(45)66)48(47)59-56)70-43(64)30-42(63)61-38-19-20-39(61)28-37(27-38)36-15-8-7-9-16-36/h7-9,11-16,26,32-33,37-41,59,62,65H,10,17-25,27-31H2,1-6H3,(H,57,68)/b13-12+,26-11+,34-14-/t33?,37?,38?,39?,40?,41-,55?/m1/s1. The van der Waals surface area contributed by atoms with E-state index in [-0.39, 0.29) is 81.9 Å². The van der Waals surface area contributed by atoms with Crippen molar-refractivity contribution in [2.45, 2.75) is 160 Å². The summed E-state index contributed by atoms with van der Waals surface area (Å²) in [4.78, 5) is 80.3. The van der Waals surface area contributed by atoms with Crippen LogP contribution >= 0.6 is 0 Å². The number of rotatable bonds is 6. The van der Waals surface area contributed by atoms with Gasteiger partial charge in [0.1, 0.15) is 35.4 Å². The second kappa shape index (κ2) is 20.2. The van der Waals surface area contributed by atoms with Crippen LogP contribution in [0.25, 0.3) is 0 Å². The van der Waals surface area contributed by atoms with Crippen molar-refractivity contribution in [3.05, 3.63) is 106 Å². The summed E-state index contributed by atoms with van der Waals surface area (Å²) >= 11 is 0. The molecule has 15 nitrogen and oxygen atoms in total. The van der Waals surface area contributed by atoms with Crippen molar-refractivity contribution in [3.8, 4) is 11.5 Å². The lowest BCUT2D eigenvalue weighted by molar-refractivity contribution is -0.156. The normalized spacial score (nSPS) is 30.4. The summed E-state index contributed by atoms with van der Waals surface area (Å²) in [5.41, 5.74) is 1.43. The fourth-order valence-corrected chi connectivity index (χ4v) is 11.8. The average Bonchev–Trinajstić information content (AvgIpc) is 3.93. The summed E-state index contributed by atoms with van der Waals surface area (Å²) in [7, 11) is 0. The Morgan fingerprint density at radius 3 is 2.37 bits per heavy atom. The van der Waals surface area contributed by atoms with Crippen molar-refractivity contribution >= 4 is 35.1 Å². The molecule has 0 aromatic heterocycles. The molecule has 5 unspecified atom stereocenters. The number of allylic oxidation sites excluding steroid dienone is 6. The predicted octanol–water partition coefficient (Wildman–Crippen LogP) is 7.59. The Bertz CT molecular complexity index is 2610. The summed E-state index contributed by atoms with van der Waals surface area (Å²) in [6.45, 7) is 13.4. The first-order valence-electron chi connectivity index (χ1n) is 25.7. The summed E-state index contributed by atoms with van der Waals surface area (Å²) in [6.07, 6.45) is 13.0. The molecule has 6 atom stereocenters. The van der Waals surface area contributed by atoms with Crippen LogP contribution in [0.3, 0.4) is 0 Å². The van der Waals surface area contributed by atoms with Gasteiger partial charge in [0.05, 0.1) is 34.9 Å². The maximum absolute atomic E-state index is 14.8. The average molecular weight is 972 g/mol. The van der Waals surface area contributed by atoms with E-state index in [1.165, 1.54) is 18.7 Å². The smallest absolute Gasteiger partial charge is 0.315 e. The Labute approximate surface area is 416 Å². The highest BCUT2D eigenvalue weighted by Gasteiger charge is 2.54. The Morgan fingerprint density at radius 2 is 1.66 bits per heavy atom. The minimum absolute atomic E-state index is 0.00684. The number of piperidine rings is 2. The third-order valence-corrected chi connectivity index (χ3v) is 15.6.